The Bertz CT molecular complexity index is 136. The minimum absolute atomic E-state index is 0. The van der Waals surface area contributed by atoms with E-state index in [2.05, 4.69) is 0 Å². The second-order valence-corrected chi connectivity index (χ2v) is 2.87. The molecule has 1 unspecified atom stereocenters. The first-order valence-electron chi connectivity index (χ1n) is 2.91. The van der Waals surface area contributed by atoms with Gasteiger partial charge in [-0.25, -0.2) is 0 Å². The van der Waals surface area contributed by atoms with Crippen molar-refractivity contribution in [2.75, 3.05) is 6.61 Å². The predicted molar refractivity (Wildman–Crippen MR) is 35.5 cm³/mol. The van der Waals surface area contributed by atoms with Gasteiger partial charge in [-0.15, -0.1) is 0 Å². The Morgan fingerprint density at radius 1 is 1.58 bits per heavy atom. The first-order valence-corrected chi connectivity index (χ1v) is 2.91. The number of aliphatic carboxylic acids is 1. The normalized spacial score (nSPS) is 12.3. The van der Waals surface area contributed by atoms with Gasteiger partial charge in [0.25, 0.3) is 0 Å². The Hall–Kier alpha value is 0.350. The molecule has 0 spiro atoms. The molecule has 5 nitrogen and oxygen atoms in total. The Labute approximate surface area is 93.0 Å². The molecule has 1 atom stereocenters. The largest absolute Gasteiger partial charge is 1.00 e. The third kappa shape index (κ3) is 5.08. The number of carboxylic acids is 1. The zero-order valence-corrected chi connectivity index (χ0v) is 9.50. The Balaban J connectivity index is -0.000000405. The minimum atomic E-state index is -1.61. The maximum absolute atomic E-state index is 10.0. The fourth-order valence-electron chi connectivity index (χ4n) is 0.406. The summed E-state index contributed by atoms with van der Waals surface area (Å²) in [5.74, 6) is -1.56. The number of carbonyl (C=O) groups excluding carboxylic acids is 1. The SMILES string of the molecule is CC(C)(CO)C(O)C(=O)[O-].O.[Na+]. The topological polar surface area (TPSA) is 112 Å². The first-order chi connectivity index (χ1) is 4.41. The summed E-state index contributed by atoms with van der Waals surface area (Å²) in [5.41, 5.74) is -1.03. The van der Waals surface area contributed by atoms with Crippen LogP contribution < -0.4 is 34.7 Å². The van der Waals surface area contributed by atoms with Crippen molar-refractivity contribution in [2.24, 2.45) is 5.41 Å². The van der Waals surface area contributed by atoms with Gasteiger partial charge in [0.1, 0.15) is 6.10 Å². The van der Waals surface area contributed by atoms with Gasteiger partial charge in [-0.3, -0.25) is 0 Å². The zero-order valence-electron chi connectivity index (χ0n) is 7.50. The van der Waals surface area contributed by atoms with Crippen LogP contribution in [0.1, 0.15) is 13.8 Å². The molecule has 0 aromatic rings. The minimum Gasteiger partial charge on any atom is -0.547 e. The monoisotopic (exact) mass is 188 g/mol. The average molecular weight is 188 g/mol. The van der Waals surface area contributed by atoms with Crippen molar-refractivity contribution in [3.05, 3.63) is 0 Å². The third-order valence-corrected chi connectivity index (χ3v) is 1.37. The van der Waals surface area contributed by atoms with Gasteiger partial charge in [0.15, 0.2) is 0 Å². The molecule has 6 heteroatoms. The van der Waals surface area contributed by atoms with E-state index in [0.29, 0.717) is 0 Å². The number of aliphatic hydroxyl groups is 2. The van der Waals surface area contributed by atoms with Gasteiger partial charge in [0, 0.05) is 5.41 Å². The quantitative estimate of drug-likeness (QED) is 0.430. The van der Waals surface area contributed by atoms with Crippen LogP contribution in [0.15, 0.2) is 0 Å². The van der Waals surface area contributed by atoms with Gasteiger partial charge in [-0.05, 0) is 0 Å². The second-order valence-electron chi connectivity index (χ2n) is 2.87. The van der Waals surface area contributed by atoms with Crippen molar-refractivity contribution in [1.82, 2.24) is 0 Å². The number of hydrogen-bond donors (Lipinski definition) is 2. The average Bonchev–Trinajstić information content (AvgIpc) is 1.86. The number of rotatable bonds is 3. The van der Waals surface area contributed by atoms with E-state index in [1.165, 1.54) is 13.8 Å². The Morgan fingerprint density at radius 2 is 1.92 bits per heavy atom. The van der Waals surface area contributed by atoms with E-state index in [4.69, 9.17) is 10.2 Å². The molecule has 0 aromatic carbocycles. The molecule has 68 valence electrons. The fraction of sp³-hybridized carbons (Fsp3) is 0.833. The van der Waals surface area contributed by atoms with Crippen LogP contribution in [0.2, 0.25) is 0 Å². The molecule has 0 heterocycles. The summed E-state index contributed by atoms with van der Waals surface area (Å²) in [6.07, 6.45) is -1.61. The van der Waals surface area contributed by atoms with E-state index in [-0.39, 0.29) is 41.6 Å². The molecule has 12 heavy (non-hydrogen) atoms. The van der Waals surface area contributed by atoms with E-state index < -0.39 is 17.5 Å². The van der Waals surface area contributed by atoms with Crippen molar-refractivity contribution >= 4 is 5.97 Å². The number of hydrogen-bond acceptors (Lipinski definition) is 4. The summed E-state index contributed by atoms with van der Waals surface area (Å²) >= 11 is 0. The summed E-state index contributed by atoms with van der Waals surface area (Å²) < 4.78 is 0. The van der Waals surface area contributed by atoms with E-state index in [9.17, 15) is 9.90 Å². The summed E-state index contributed by atoms with van der Waals surface area (Å²) in [4.78, 5) is 10.0. The summed E-state index contributed by atoms with van der Waals surface area (Å²) in [7, 11) is 0. The summed E-state index contributed by atoms with van der Waals surface area (Å²) in [6.45, 7) is 2.49. The molecular weight excluding hydrogens is 175 g/mol. The molecule has 0 aliphatic heterocycles. The molecule has 0 fully saturated rings. The van der Waals surface area contributed by atoms with Gasteiger partial charge < -0.3 is 25.6 Å². The van der Waals surface area contributed by atoms with Crippen LogP contribution in [0.5, 0.6) is 0 Å². The molecular formula is C6H13NaO5. The van der Waals surface area contributed by atoms with Crippen LogP contribution in [0.4, 0.5) is 0 Å². The number of aliphatic hydroxyl groups excluding tert-OH is 2. The van der Waals surface area contributed by atoms with Gasteiger partial charge in [-0.2, -0.15) is 0 Å². The standard InChI is InChI=1S/C6H12O4.Na.H2O/c1-6(2,3-7)4(8)5(9)10;;/h4,7-8H,3H2,1-2H3,(H,9,10);;1H2/q;+1;/p-1. The molecule has 0 radical (unpaired) electrons. The molecule has 0 aliphatic rings. The molecule has 0 rings (SSSR count). The van der Waals surface area contributed by atoms with E-state index >= 15 is 0 Å². The van der Waals surface area contributed by atoms with Crippen molar-refractivity contribution in [1.29, 1.82) is 0 Å². The van der Waals surface area contributed by atoms with Crippen molar-refractivity contribution in [3.63, 3.8) is 0 Å². The van der Waals surface area contributed by atoms with Crippen molar-refractivity contribution in [2.45, 2.75) is 20.0 Å². The molecule has 0 saturated heterocycles. The Morgan fingerprint density at radius 3 is 2.00 bits per heavy atom. The second kappa shape index (κ2) is 6.82. The first kappa shape index (κ1) is 18.2. The van der Waals surface area contributed by atoms with Crippen LogP contribution >= 0.6 is 0 Å². The zero-order chi connectivity index (χ0) is 8.36. The van der Waals surface area contributed by atoms with Crippen LogP contribution in [0.25, 0.3) is 0 Å². The van der Waals surface area contributed by atoms with Crippen LogP contribution in [0, 0.1) is 5.41 Å². The summed E-state index contributed by atoms with van der Waals surface area (Å²) in [5, 5.41) is 27.4. The molecule has 0 bridgehead atoms. The summed E-state index contributed by atoms with van der Waals surface area (Å²) in [6, 6.07) is 0. The van der Waals surface area contributed by atoms with E-state index in [1.807, 2.05) is 0 Å². The van der Waals surface area contributed by atoms with Gasteiger partial charge >= 0.3 is 29.6 Å². The predicted octanol–water partition coefficient (Wildman–Crippen LogP) is -5.70. The van der Waals surface area contributed by atoms with Gasteiger partial charge in [0.2, 0.25) is 0 Å². The van der Waals surface area contributed by atoms with Crippen LogP contribution in [-0.2, 0) is 4.79 Å². The van der Waals surface area contributed by atoms with Crippen LogP contribution in [-0.4, -0.2) is 34.4 Å². The molecule has 4 N–H and O–H groups in total. The maximum atomic E-state index is 10.0. The van der Waals surface area contributed by atoms with Gasteiger partial charge in [-0.1, -0.05) is 13.8 Å². The van der Waals surface area contributed by atoms with Crippen LogP contribution in [0.3, 0.4) is 0 Å². The van der Waals surface area contributed by atoms with E-state index in [0.717, 1.165) is 0 Å². The Kier molecular flexibility index (Phi) is 10.3. The maximum Gasteiger partial charge on any atom is 1.00 e. The molecule has 0 amide bonds. The van der Waals surface area contributed by atoms with E-state index in [1.54, 1.807) is 0 Å². The molecule has 0 aliphatic carbocycles. The molecule has 0 saturated carbocycles. The molecule has 0 aromatic heterocycles. The smallest absolute Gasteiger partial charge is 0.547 e. The van der Waals surface area contributed by atoms with Crippen molar-refractivity contribution < 1.29 is 55.1 Å². The fourth-order valence-corrected chi connectivity index (χ4v) is 0.406. The third-order valence-electron chi connectivity index (χ3n) is 1.37. The number of carboxylic acid groups (broad SMARTS) is 1. The van der Waals surface area contributed by atoms with Gasteiger partial charge in [0.05, 0.1) is 12.6 Å². The number of carbonyl (C=O) groups is 1. The van der Waals surface area contributed by atoms with Crippen molar-refractivity contribution in [3.8, 4) is 0 Å².